The van der Waals surface area contributed by atoms with Crippen LogP contribution in [0.4, 0.5) is 5.69 Å². The minimum atomic E-state index is -0.264. The number of hydrogen-bond donors (Lipinski definition) is 1. The van der Waals surface area contributed by atoms with Gasteiger partial charge in [-0.3, -0.25) is 9.59 Å². The molecule has 148 valence electrons. The maximum absolute atomic E-state index is 12.7. The zero-order chi connectivity index (χ0) is 19.9. The lowest BCUT2D eigenvalue weighted by Crippen LogP contribution is -2.40. The van der Waals surface area contributed by atoms with Gasteiger partial charge in [0.25, 0.3) is 11.8 Å². The van der Waals surface area contributed by atoms with Gasteiger partial charge in [-0.25, -0.2) is 0 Å². The fourth-order valence-corrected chi connectivity index (χ4v) is 3.22. The van der Waals surface area contributed by atoms with E-state index >= 15 is 0 Å². The molecule has 1 aliphatic heterocycles. The number of benzene rings is 2. The zero-order valence-corrected chi connectivity index (χ0v) is 17.3. The van der Waals surface area contributed by atoms with Crippen LogP contribution in [0.2, 0.25) is 0 Å². The van der Waals surface area contributed by atoms with Gasteiger partial charge < -0.3 is 19.7 Å². The SMILES string of the molecule is CCCOc1ccc(Br)cc1C(=O)Nc1ccc(C(=O)N2CCOCC2)cc1. The van der Waals surface area contributed by atoms with E-state index in [9.17, 15) is 9.59 Å². The molecule has 0 unspecified atom stereocenters. The summed E-state index contributed by atoms with van der Waals surface area (Å²) in [6.07, 6.45) is 0.857. The van der Waals surface area contributed by atoms with Crippen LogP contribution in [0.1, 0.15) is 34.1 Å². The molecule has 0 spiro atoms. The van der Waals surface area contributed by atoms with Gasteiger partial charge in [-0.15, -0.1) is 0 Å². The summed E-state index contributed by atoms with van der Waals surface area (Å²) in [7, 11) is 0. The van der Waals surface area contributed by atoms with Gasteiger partial charge in [-0.2, -0.15) is 0 Å². The van der Waals surface area contributed by atoms with Crippen LogP contribution in [0, 0.1) is 0 Å². The summed E-state index contributed by atoms with van der Waals surface area (Å²) in [6.45, 7) is 4.88. The van der Waals surface area contributed by atoms with E-state index < -0.39 is 0 Å². The number of nitrogens with one attached hydrogen (secondary N) is 1. The van der Waals surface area contributed by atoms with Gasteiger partial charge in [-0.1, -0.05) is 22.9 Å². The predicted molar refractivity (Wildman–Crippen MR) is 111 cm³/mol. The van der Waals surface area contributed by atoms with E-state index in [1.807, 2.05) is 13.0 Å². The Morgan fingerprint density at radius 3 is 2.54 bits per heavy atom. The Balaban J connectivity index is 1.69. The normalized spacial score (nSPS) is 13.9. The van der Waals surface area contributed by atoms with Crippen LogP contribution >= 0.6 is 15.9 Å². The molecule has 0 saturated carbocycles. The molecular formula is C21H23BrN2O4. The summed E-state index contributed by atoms with van der Waals surface area (Å²) in [5, 5.41) is 2.86. The van der Waals surface area contributed by atoms with Gasteiger partial charge >= 0.3 is 0 Å². The first-order chi connectivity index (χ1) is 13.6. The fraction of sp³-hybridized carbons (Fsp3) is 0.333. The average molecular weight is 447 g/mol. The molecule has 0 aromatic heterocycles. The number of carbonyl (C=O) groups is 2. The molecule has 0 bridgehead atoms. The Hall–Kier alpha value is -2.38. The molecule has 1 N–H and O–H groups in total. The van der Waals surface area contributed by atoms with E-state index in [1.54, 1.807) is 41.3 Å². The lowest BCUT2D eigenvalue weighted by molar-refractivity contribution is 0.0303. The van der Waals surface area contributed by atoms with Crippen LogP contribution in [0.5, 0.6) is 5.75 Å². The van der Waals surface area contributed by atoms with Crippen molar-refractivity contribution in [2.45, 2.75) is 13.3 Å². The third kappa shape index (κ3) is 5.11. The van der Waals surface area contributed by atoms with Crippen LogP contribution < -0.4 is 10.1 Å². The molecule has 0 radical (unpaired) electrons. The quantitative estimate of drug-likeness (QED) is 0.728. The van der Waals surface area contributed by atoms with E-state index in [-0.39, 0.29) is 11.8 Å². The minimum absolute atomic E-state index is 0.0246. The minimum Gasteiger partial charge on any atom is -0.493 e. The van der Waals surface area contributed by atoms with Gasteiger partial charge in [0, 0.05) is 28.8 Å². The summed E-state index contributed by atoms with van der Waals surface area (Å²) in [5.74, 6) is 0.254. The smallest absolute Gasteiger partial charge is 0.259 e. The third-order valence-corrected chi connectivity index (χ3v) is 4.83. The van der Waals surface area contributed by atoms with Gasteiger partial charge in [-0.05, 0) is 48.9 Å². The van der Waals surface area contributed by atoms with Crippen molar-refractivity contribution < 1.29 is 19.1 Å². The van der Waals surface area contributed by atoms with Crippen LogP contribution in [0.3, 0.4) is 0 Å². The lowest BCUT2D eigenvalue weighted by Gasteiger charge is -2.26. The van der Waals surface area contributed by atoms with Crippen molar-refractivity contribution in [1.29, 1.82) is 0 Å². The first-order valence-electron chi connectivity index (χ1n) is 9.29. The van der Waals surface area contributed by atoms with Crippen LogP contribution in [-0.2, 0) is 4.74 Å². The van der Waals surface area contributed by atoms with E-state index in [4.69, 9.17) is 9.47 Å². The third-order valence-electron chi connectivity index (χ3n) is 4.34. The van der Waals surface area contributed by atoms with Gasteiger partial charge in [0.2, 0.25) is 0 Å². The Morgan fingerprint density at radius 2 is 1.86 bits per heavy atom. The van der Waals surface area contributed by atoms with Crippen molar-refractivity contribution in [3.8, 4) is 5.75 Å². The molecule has 7 heteroatoms. The Morgan fingerprint density at radius 1 is 1.14 bits per heavy atom. The number of hydrogen-bond acceptors (Lipinski definition) is 4. The van der Waals surface area contributed by atoms with Crippen molar-refractivity contribution in [2.75, 3.05) is 38.2 Å². The standard InChI is InChI=1S/C21H23BrN2O4/c1-2-11-28-19-8-5-16(22)14-18(19)20(25)23-17-6-3-15(4-7-17)21(26)24-9-12-27-13-10-24/h3-8,14H,2,9-13H2,1H3,(H,23,25). The summed E-state index contributed by atoms with van der Waals surface area (Å²) in [5.41, 5.74) is 1.66. The number of morpholine rings is 1. The number of amides is 2. The molecule has 6 nitrogen and oxygen atoms in total. The molecule has 28 heavy (non-hydrogen) atoms. The second kappa shape index (κ2) is 9.71. The molecule has 1 saturated heterocycles. The summed E-state index contributed by atoms with van der Waals surface area (Å²) < 4.78 is 11.8. The predicted octanol–water partition coefficient (Wildman–Crippen LogP) is 3.96. The highest BCUT2D eigenvalue weighted by molar-refractivity contribution is 9.10. The number of carbonyl (C=O) groups excluding carboxylic acids is 2. The van der Waals surface area contributed by atoms with Gasteiger partial charge in [0.05, 0.1) is 25.4 Å². The summed E-state index contributed by atoms with van der Waals surface area (Å²) >= 11 is 3.39. The Labute approximate surface area is 172 Å². The molecule has 1 aliphatic rings. The first-order valence-corrected chi connectivity index (χ1v) is 10.1. The van der Waals surface area contributed by atoms with E-state index in [2.05, 4.69) is 21.2 Å². The first kappa shape index (κ1) is 20.4. The number of halogens is 1. The molecule has 0 atom stereocenters. The van der Waals surface area contributed by atoms with Crippen molar-refractivity contribution in [3.63, 3.8) is 0 Å². The number of anilines is 1. The van der Waals surface area contributed by atoms with Crippen molar-refractivity contribution in [2.24, 2.45) is 0 Å². The lowest BCUT2D eigenvalue weighted by atomic mass is 10.1. The Bertz CT molecular complexity index is 833. The fourth-order valence-electron chi connectivity index (χ4n) is 2.86. The zero-order valence-electron chi connectivity index (χ0n) is 15.7. The maximum Gasteiger partial charge on any atom is 0.259 e. The average Bonchev–Trinajstić information content (AvgIpc) is 2.73. The number of rotatable bonds is 6. The molecule has 2 aromatic carbocycles. The van der Waals surface area contributed by atoms with Gasteiger partial charge in [0.15, 0.2) is 0 Å². The Kier molecular flexibility index (Phi) is 7.06. The highest BCUT2D eigenvalue weighted by Gasteiger charge is 2.19. The number of nitrogens with zero attached hydrogens (tertiary/aromatic N) is 1. The molecular weight excluding hydrogens is 424 g/mol. The largest absolute Gasteiger partial charge is 0.493 e. The van der Waals surface area contributed by atoms with Crippen LogP contribution in [0.15, 0.2) is 46.9 Å². The molecule has 1 heterocycles. The van der Waals surface area contributed by atoms with E-state index in [0.29, 0.717) is 55.5 Å². The molecule has 3 rings (SSSR count). The molecule has 2 aromatic rings. The van der Waals surface area contributed by atoms with Crippen LogP contribution in [0.25, 0.3) is 0 Å². The van der Waals surface area contributed by atoms with Gasteiger partial charge in [0.1, 0.15) is 5.75 Å². The van der Waals surface area contributed by atoms with E-state index in [1.165, 1.54) is 0 Å². The summed E-state index contributed by atoms with van der Waals surface area (Å²) in [4.78, 5) is 27.0. The topological polar surface area (TPSA) is 67.9 Å². The maximum atomic E-state index is 12.7. The second-order valence-electron chi connectivity index (χ2n) is 6.42. The van der Waals surface area contributed by atoms with Crippen molar-refractivity contribution >= 4 is 33.4 Å². The molecule has 1 fully saturated rings. The molecule has 0 aliphatic carbocycles. The van der Waals surface area contributed by atoms with Crippen molar-refractivity contribution in [1.82, 2.24) is 4.90 Å². The monoisotopic (exact) mass is 446 g/mol. The highest BCUT2D eigenvalue weighted by atomic mass is 79.9. The second-order valence-corrected chi connectivity index (χ2v) is 7.34. The highest BCUT2D eigenvalue weighted by Crippen LogP contribution is 2.25. The van der Waals surface area contributed by atoms with Crippen molar-refractivity contribution in [3.05, 3.63) is 58.1 Å². The number of ether oxygens (including phenoxy) is 2. The van der Waals surface area contributed by atoms with Crippen LogP contribution in [-0.4, -0.2) is 49.6 Å². The molecule has 2 amide bonds. The summed E-state index contributed by atoms with van der Waals surface area (Å²) in [6, 6.07) is 12.3. The van der Waals surface area contributed by atoms with E-state index in [0.717, 1.165) is 10.9 Å².